The van der Waals surface area contributed by atoms with Crippen LogP contribution in [0.1, 0.15) is 30.1 Å². The third kappa shape index (κ3) is 4.47. The van der Waals surface area contributed by atoms with E-state index in [1.807, 2.05) is 6.92 Å². The Balaban J connectivity index is 1.65. The number of carbonyl (C=O) groups is 2. The van der Waals surface area contributed by atoms with Crippen LogP contribution in [0.15, 0.2) is 41.6 Å². The molecule has 1 aromatic carbocycles. The number of ether oxygens (including phenoxy) is 1. The van der Waals surface area contributed by atoms with Crippen molar-refractivity contribution in [1.82, 2.24) is 14.9 Å². The minimum absolute atomic E-state index is 0.0618. The highest BCUT2D eigenvalue weighted by atomic mass is 16.5. The van der Waals surface area contributed by atoms with Crippen molar-refractivity contribution in [3.63, 3.8) is 0 Å². The van der Waals surface area contributed by atoms with Crippen molar-refractivity contribution < 1.29 is 14.3 Å². The number of hydrogen-bond acceptors (Lipinski definition) is 5. The number of hydrogen-bond donors (Lipinski definition) is 2. The van der Waals surface area contributed by atoms with E-state index < -0.39 is 17.4 Å². The monoisotopic (exact) mass is 356 g/mol. The highest BCUT2D eigenvalue weighted by Crippen LogP contribution is 2.19. The van der Waals surface area contributed by atoms with Gasteiger partial charge in [-0.2, -0.15) is 0 Å². The molecule has 1 aliphatic carbocycles. The number of anilines is 1. The van der Waals surface area contributed by atoms with Gasteiger partial charge in [-0.05, 0) is 44.0 Å². The van der Waals surface area contributed by atoms with E-state index in [-0.39, 0.29) is 18.2 Å². The lowest BCUT2D eigenvalue weighted by atomic mass is 10.3. The zero-order valence-corrected chi connectivity index (χ0v) is 14.4. The molecule has 26 heavy (non-hydrogen) atoms. The summed E-state index contributed by atoms with van der Waals surface area (Å²) < 4.78 is 6.46. The lowest BCUT2D eigenvalue weighted by molar-refractivity contribution is -0.116. The predicted octanol–water partition coefficient (Wildman–Crippen LogP) is 1.17. The molecule has 3 rings (SSSR count). The normalized spacial score (nSPS) is 13.1. The molecule has 0 radical (unpaired) electrons. The number of nitrogens with one attached hydrogen (secondary N) is 2. The second-order valence-corrected chi connectivity index (χ2v) is 5.99. The van der Waals surface area contributed by atoms with Crippen LogP contribution in [-0.4, -0.2) is 34.0 Å². The van der Waals surface area contributed by atoms with Crippen LogP contribution in [0, 0.1) is 0 Å². The Hall–Kier alpha value is -3.16. The molecule has 0 saturated heterocycles. The van der Waals surface area contributed by atoms with Crippen molar-refractivity contribution in [2.24, 2.45) is 0 Å². The first-order valence-electron chi connectivity index (χ1n) is 8.45. The maximum absolute atomic E-state index is 12.4. The van der Waals surface area contributed by atoms with Crippen LogP contribution in [-0.2, 0) is 11.3 Å². The highest BCUT2D eigenvalue weighted by Gasteiger charge is 2.25. The van der Waals surface area contributed by atoms with E-state index in [1.165, 1.54) is 12.5 Å². The molecule has 1 heterocycles. The van der Waals surface area contributed by atoms with Gasteiger partial charge in [0.15, 0.2) is 0 Å². The highest BCUT2D eigenvalue weighted by molar-refractivity contribution is 5.94. The third-order valence-corrected chi connectivity index (χ3v) is 3.82. The SMILES string of the molecule is CCOc1ccc(NC(=O)Cn2cncc(C(=O)NC3CC3)c2=O)cc1. The fraction of sp³-hybridized carbons (Fsp3) is 0.333. The fourth-order valence-electron chi connectivity index (χ4n) is 2.37. The minimum Gasteiger partial charge on any atom is -0.494 e. The van der Waals surface area contributed by atoms with E-state index >= 15 is 0 Å². The van der Waals surface area contributed by atoms with E-state index in [0.29, 0.717) is 18.0 Å². The van der Waals surface area contributed by atoms with Gasteiger partial charge in [0.1, 0.15) is 17.9 Å². The number of nitrogens with zero attached hydrogens (tertiary/aromatic N) is 2. The van der Waals surface area contributed by atoms with E-state index in [1.54, 1.807) is 24.3 Å². The third-order valence-electron chi connectivity index (χ3n) is 3.82. The van der Waals surface area contributed by atoms with Crippen LogP contribution < -0.4 is 20.9 Å². The second kappa shape index (κ2) is 7.81. The van der Waals surface area contributed by atoms with Gasteiger partial charge >= 0.3 is 0 Å². The quantitative estimate of drug-likeness (QED) is 0.775. The van der Waals surface area contributed by atoms with Gasteiger partial charge in [0.05, 0.1) is 12.9 Å². The molecule has 1 fully saturated rings. The first-order valence-corrected chi connectivity index (χ1v) is 8.45. The predicted molar refractivity (Wildman–Crippen MR) is 95.2 cm³/mol. The molecule has 0 spiro atoms. The Morgan fingerprint density at radius 3 is 2.65 bits per heavy atom. The molecule has 1 aromatic heterocycles. The van der Waals surface area contributed by atoms with Gasteiger partial charge in [-0.1, -0.05) is 0 Å². The van der Waals surface area contributed by atoms with E-state index in [0.717, 1.165) is 17.4 Å². The largest absolute Gasteiger partial charge is 0.494 e. The Labute approximate surface area is 150 Å². The minimum atomic E-state index is -0.542. The van der Waals surface area contributed by atoms with Crippen molar-refractivity contribution in [2.45, 2.75) is 32.4 Å². The first kappa shape index (κ1) is 17.7. The molecule has 0 unspecified atom stereocenters. The summed E-state index contributed by atoms with van der Waals surface area (Å²) in [6, 6.07) is 7.05. The topological polar surface area (TPSA) is 102 Å². The molecule has 2 N–H and O–H groups in total. The molecule has 1 saturated carbocycles. The summed E-state index contributed by atoms with van der Waals surface area (Å²) in [6.07, 6.45) is 4.31. The Morgan fingerprint density at radius 1 is 1.27 bits per heavy atom. The average Bonchev–Trinajstić information content (AvgIpc) is 3.42. The molecule has 0 atom stereocenters. The van der Waals surface area contributed by atoms with Crippen molar-refractivity contribution in [2.75, 3.05) is 11.9 Å². The molecule has 2 aromatic rings. The van der Waals surface area contributed by atoms with Gasteiger partial charge in [-0.15, -0.1) is 0 Å². The summed E-state index contributed by atoms with van der Waals surface area (Å²) in [7, 11) is 0. The summed E-state index contributed by atoms with van der Waals surface area (Å²) in [5, 5.41) is 5.44. The molecule has 8 heteroatoms. The van der Waals surface area contributed by atoms with Gasteiger partial charge in [-0.25, -0.2) is 4.98 Å². The Kier molecular flexibility index (Phi) is 5.31. The van der Waals surface area contributed by atoms with Crippen LogP contribution in [0.3, 0.4) is 0 Å². The lowest BCUT2D eigenvalue weighted by Gasteiger charge is -2.09. The van der Waals surface area contributed by atoms with Crippen molar-refractivity contribution >= 4 is 17.5 Å². The molecule has 1 aliphatic rings. The molecule has 8 nitrogen and oxygen atoms in total. The molecule has 2 amide bonds. The van der Waals surface area contributed by atoms with Crippen LogP contribution >= 0.6 is 0 Å². The smallest absolute Gasteiger partial charge is 0.266 e. The van der Waals surface area contributed by atoms with Crippen molar-refractivity contribution in [3.05, 3.63) is 52.7 Å². The number of aromatic nitrogens is 2. The van der Waals surface area contributed by atoms with Crippen LogP contribution in [0.2, 0.25) is 0 Å². The number of rotatable bonds is 7. The lowest BCUT2D eigenvalue weighted by Crippen LogP contribution is -2.36. The number of benzene rings is 1. The van der Waals surface area contributed by atoms with Crippen molar-refractivity contribution in [3.8, 4) is 5.75 Å². The van der Waals surface area contributed by atoms with Crippen molar-refractivity contribution in [1.29, 1.82) is 0 Å². The first-order chi connectivity index (χ1) is 12.6. The molecule has 0 aliphatic heterocycles. The molecule has 0 bridgehead atoms. The maximum Gasteiger partial charge on any atom is 0.266 e. The second-order valence-electron chi connectivity index (χ2n) is 5.99. The van der Waals surface area contributed by atoms with Gasteiger partial charge < -0.3 is 15.4 Å². The summed E-state index contributed by atoms with van der Waals surface area (Å²) in [5.41, 5.74) is -0.0182. The Bertz CT molecular complexity index is 856. The summed E-state index contributed by atoms with van der Waals surface area (Å²) in [4.78, 5) is 40.5. The van der Waals surface area contributed by atoms with Gasteiger partial charge in [0.25, 0.3) is 11.5 Å². The van der Waals surface area contributed by atoms with E-state index in [9.17, 15) is 14.4 Å². The van der Waals surface area contributed by atoms with E-state index in [4.69, 9.17) is 4.74 Å². The average molecular weight is 356 g/mol. The van der Waals surface area contributed by atoms with E-state index in [2.05, 4.69) is 15.6 Å². The Morgan fingerprint density at radius 2 is 2.00 bits per heavy atom. The molecule has 136 valence electrons. The summed E-state index contributed by atoms with van der Waals surface area (Å²) in [6.45, 7) is 2.22. The van der Waals surface area contributed by atoms with Crippen LogP contribution in [0.25, 0.3) is 0 Å². The van der Waals surface area contributed by atoms with Gasteiger partial charge in [0, 0.05) is 17.9 Å². The molecular formula is C18H20N4O4. The standard InChI is InChI=1S/C18H20N4O4/c1-2-26-14-7-5-12(6-8-14)20-16(23)10-22-11-19-9-15(18(22)25)17(24)21-13-3-4-13/h5-9,11,13H,2-4,10H2,1H3,(H,20,23)(H,21,24). The number of carbonyl (C=O) groups excluding carboxylic acids is 2. The molecular weight excluding hydrogens is 336 g/mol. The maximum atomic E-state index is 12.4. The van der Waals surface area contributed by atoms with Gasteiger partial charge in [-0.3, -0.25) is 19.0 Å². The van der Waals surface area contributed by atoms with Crippen LogP contribution in [0.5, 0.6) is 5.75 Å². The van der Waals surface area contributed by atoms with Gasteiger partial charge in [0.2, 0.25) is 5.91 Å². The zero-order valence-electron chi connectivity index (χ0n) is 14.4. The fourth-order valence-corrected chi connectivity index (χ4v) is 2.37. The van der Waals surface area contributed by atoms with Crippen LogP contribution in [0.4, 0.5) is 5.69 Å². The summed E-state index contributed by atoms with van der Waals surface area (Å²) in [5.74, 6) is -0.135. The number of amides is 2. The zero-order chi connectivity index (χ0) is 18.5. The summed E-state index contributed by atoms with van der Waals surface area (Å²) >= 11 is 0.